The second-order valence-electron chi connectivity index (χ2n) is 8.23. The predicted molar refractivity (Wildman–Crippen MR) is 122 cm³/mol. The second kappa shape index (κ2) is 9.60. The van der Waals surface area contributed by atoms with Crippen molar-refractivity contribution in [2.45, 2.75) is 43.5 Å². The molecule has 2 heterocycles. The first-order chi connectivity index (χ1) is 15.8. The van der Waals surface area contributed by atoms with Crippen LogP contribution in [0.15, 0.2) is 54.6 Å². The number of halogens is 1. The monoisotopic (exact) mass is 474 g/mol. The normalized spacial score (nSPS) is 27.6. The van der Waals surface area contributed by atoms with Crippen LogP contribution in [0.25, 0.3) is 10.4 Å². The summed E-state index contributed by atoms with van der Waals surface area (Å²) in [5.41, 5.74) is 3.40. The molecule has 1 aliphatic rings. The quantitative estimate of drug-likeness (QED) is 0.439. The Morgan fingerprint density at radius 2 is 1.76 bits per heavy atom. The largest absolute Gasteiger partial charge is 0.394 e. The molecule has 0 radical (unpaired) electrons. The fourth-order valence-electron chi connectivity index (χ4n) is 4.18. The molecule has 1 saturated heterocycles. The lowest BCUT2D eigenvalue weighted by molar-refractivity contribution is -0.366. The predicted octanol–water partition coefficient (Wildman–Crippen LogP) is 2.73. The average Bonchev–Trinajstić information content (AvgIpc) is 3.29. The van der Waals surface area contributed by atoms with Gasteiger partial charge in [-0.05, 0) is 53.9 Å². The maximum atomic E-state index is 13.2. The van der Waals surface area contributed by atoms with Crippen LogP contribution in [0.1, 0.15) is 21.6 Å². The van der Waals surface area contributed by atoms with Crippen LogP contribution in [-0.4, -0.2) is 58.6 Å². The Balaban J connectivity index is 1.65. The van der Waals surface area contributed by atoms with Gasteiger partial charge in [0.1, 0.15) is 30.2 Å². The Bertz CT molecular complexity index is 1100. The van der Waals surface area contributed by atoms with Crippen LogP contribution in [0.2, 0.25) is 0 Å². The lowest BCUT2D eigenvalue weighted by atomic mass is 9.86. The molecule has 0 spiro atoms. The summed E-state index contributed by atoms with van der Waals surface area (Å²) in [5, 5.41) is 40.8. The van der Waals surface area contributed by atoms with Gasteiger partial charge in [0.25, 0.3) is 0 Å². The van der Waals surface area contributed by atoms with Crippen molar-refractivity contribution in [3.8, 4) is 10.4 Å². The van der Waals surface area contributed by atoms with E-state index in [0.29, 0.717) is 12.0 Å². The highest BCUT2D eigenvalue weighted by atomic mass is 32.1. The number of methoxy groups -OCH3 is 1. The number of aliphatic hydroxyl groups is 4. The van der Waals surface area contributed by atoms with Gasteiger partial charge in [-0.2, -0.15) is 0 Å². The minimum absolute atomic E-state index is 0.275. The molecule has 1 fully saturated rings. The van der Waals surface area contributed by atoms with Gasteiger partial charge in [-0.1, -0.05) is 24.3 Å². The van der Waals surface area contributed by atoms with Crippen molar-refractivity contribution in [3.05, 3.63) is 82.0 Å². The highest BCUT2D eigenvalue weighted by Crippen LogP contribution is 2.40. The van der Waals surface area contributed by atoms with Crippen LogP contribution in [0, 0.1) is 12.7 Å². The molecule has 33 heavy (non-hydrogen) atoms. The molecular formula is C25H27FO6S. The zero-order valence-corrected chi connectivity index (χ0v) is 19.1. The third-order valence-electron chi connectivity index (χ3n) is 6.16. The van der Waals surface area contributed by atoms with Crippen molar-refractivity contribution in [3.63, 3.8) is 0 Å². The molecule has 4 N–H and O–H groups in total. The topological polar surface area (TPSA) is 99.4 Å². The Morgan fingerprint density at radius 3 is 2.42 bits per heavy atom. The summed E-state index contributed by atoms with van der Waals surface area (Å²) >= 11 is 1.61. The van der Waals surface area contributed by atoms with Crippen molar-refractivity contribution in [2.24, 2.45) is 0 Å². The number of aryl methyl sites for hydroxylation is 1. The maximum absolute atomic E-state index is 13.2. The second-order valence-corrected chi connectivity index (χ2v) is 9.40. The molecule has 2 aromatic carbocycles. The lowest BCUT2D eigenvalue weighted by Gasteiger charge is -2.47. The van der Waals surface area contributed by atoms with E-state index in [2.05, 4.69) is 0 Å². The Labute approximate surface area is 195 Å². The first-order valence-corrected chi connectivity index (χ1v) is 11.4. The Hall–Kier alpha value is -2.17. The zero-order valence-electron chi connectivity index (χ0n) is 18.3. The first-order valence-electron chi connectivity index (χ1n) is 10.6. The van der Waals surface area contributed by atoms with Gasteiger partial charge in [0.2, 0.25) is 5.79 Å². The van der Waals surface area contributed by atoms with Gasteiger partial charge in [-0.25, -0.2) is 4.39 Å². The third-order valence-corrected chi connectivity index (χ3v) is 7.29. The zero-order chi connectivity index (χ0) is 23.8. The maximum Gasteiger partial charge on any atom is 0.224 e. The number of thiophene rings is 1. The number of rotatable bonds is 6. The summed E-state index contributed by atoms with van der Waals surface area (Å²) in [6.07, 6.45) is -5.09. The van der Waals surface area contributed by atoms with Gasteiger partial charge < -0.3 is 29.9 Å². The molecule has 4 rings (SSSR count). The van der Waals surface area contributed by atoms with Crippen LogP contribution in [0.3, 0.4) is 0 Å². The van der Waals surface area contributed by atoms with Gasteiger partial charge in [-0.15, -0.1) is 11.3 Å². The fourth-order valence-corrected chi connectivity index (χ4v) is 5.21. The molecular weight excluding hydrogens is 447 g/mol. The van der Waals surface area contributed by atoms with E-state index in [1.807, 2.05) is 31.2 Å². The van der Waals surface area contributed by atoms with Crippen LogP contribution in [0.5, 0.6) is 0 Å². The minimum atomic E-state index is -1.75. The van der Waals surface area contributed by atoms with Crippen molar-refractivity contribution < 1.29 is 34.3 Å². The molecule has 8 heteroatoms. The van der Waals surface area contributed by atoms with Crippen molar-refractivity contribution in [2.75, 3.05) is 13.7 Å². The Kier molecular flexibility index (Phi) is 6.97. The number of ether oxygens (including phenoxy) is 2. The molecule has 1 aromatic heterocycles. The van der Waals surface area contributed by atoms with E-state index in [1.165, 1.54) is 19.2 Å². The summed E-state index contributed by atoms with van der Waals surface area (Å²) in [6, 6.07) is 15.9. The van der Waals surface area contributed by atoms with Crippen molar-refractivity contribution >= 4 is 11.3 Å². The molecule has 1 aliphatic heterocycles. The fraction of sp³-hybridized carbons (Fsp3) is 0.360. The average molecular weight is 475 g/mol. The molecule has 0 amide bonds. The standard InChI is InChI=1S/C25H27FO6S/c1-14-3-6-17(25(31-2)24(30)23(29)22(28)20(13-27)32-25)11-16(14)12-19-9-10-21(33-19)15-4-7-18(26)8-5-15/h3-11,20,22-24,27-30H,12-13H2,1-2H3/t20?,22?,23?,24?,25-/m0/s1. The first kappa shape index (κ1) is 24.0. The molecule has 0 aliphatic carbocycles. The van der Waals surface area contributed by atoms with E-state index >= 15 is 0 Å². The van der Waals surface area contributed by atoms with E-state index in [0.717, 1.165) is 26.4 Å². The molecule has 176 valence electrons. The van der Waals surface area contributed by atoms with Gasteiger partial charge in [0, 0.05) is 28.8 Å². The van der Waals surface area contributed by atoms with E-state index in [9.17, 15) is 24.8 Å². The minimum Gasteiger partial charge on any atom is -0.394 e. The number of hydrogen-bond donors (Lipinski definition) is 4. The summed E-state index contributed by atoms with van der Waals surface area (Å²) in [6.45, 7) is 1.43. The molecule has 3 aromatic rings. The van der Waals surface area contributed by atoms with Gasteiger partial charge >= 0.3 is 0 Å². The van der Waals surface area contributed by atoms with Gasteiger partial charge in [-0.3, -0.25) is 0 Å². The van der Waals surface area contributed by atoms with Crippen LogP contribution in [0.4, 0.5) is 4.39 Å². The number of benzene rings is 2. The molecule has 4 unspecified atom stereocenters. The lowest BCUT2D eigenvalue weighted by Crippen LogP contribution is -2.64. The van der Waals surface area contributed by atoms with E-state index in [-0.39, 0.29) is 5.82 Å². The Morgan fingerprint density at radius 1 is 1.03 bits per heavy atom. The molecule has 0 bridgehead atoms. The molecule has 5 atom stereocenters. The van der Waals surface area contributed by atoms with E-state index in [4.69, 9.17) is 9.47 Å². The highest BCUT2D eigenvalue weighted by molar-refractivity contribution is 7.15. The van der Waals surface area contributed by atoms with Crippen LogP contribution < -0.4 is 0 Å². The summed E-state index contributed by atoms with van der Waals surface area (Å²) in [7, 11) is 1.34. The van der Waals surface area contributed by atoms with Crippen LogP contribution >= 0.6 is 11.3 Å². The summed E-state index contributed by atoms with van der Waals surface area (Å²) in [4.78, 5) is 2.12. The number of hydrogen-bond acceptors (Lipinski definition) is 7. The molecule has 0 saturated carbocycles. The van der Waals surface area contributed by atoms with E-state index in [1.54, 1.807) is 29.5 Å². The van der Waals surface area contributed by atoms with Crippen LogP contribution in [-0.2, 0) is 21.7 Å². The number of aliphatic hydroxyl groups excluding tert-OH is 4. The summed E-state index contributed by atoms with van der Waals surface area (Å²) in [5.74, 6) is -2.02. The van der Waals surface area contributed by atoms with Crippen molar-refractivity contribution in [1.29, 1.82) is 0 Å². The van der Waals surface area contributed by atoms with E-state index < -0.39 is 36.8 Å². The summed E-state index contributed by atoms with van der Waals surface area (Å²) < 4.78 is 24.6. The van der Waals surface area contributed by atoms with Crippen molar-refractivity contribution in [1.82, 2.24) is 0 Å². The van der Waals surface area contributed by atoms with Gasteiger partial charge in [0.05, 0.1) is 6.61 Å². The highest BCUT2D eigenvalue weighted by Gasteiger charge is 2.55. The van der Waals surface area contributed by atoms with Gasteiger partial charge in [0.15, 0.2) is 0 Å². The SMILES string of the molecule is CO[C@@]1(c2ccc(C)c(Cc3ccc(-c4ccc(F)cc4)s3)c2)OC(CO)C(O)C(O)C1O. The third kappa shape index (κ3) is 4.48. The molecule has 6 nitrogen and oxygen atoms in total. The smallest absolute Gasteiger partial charge is 0.224 e.